The molecule has 4 N–H and O–H groups in total. The van der Waals surface area contributed by atoms with Crippen LogP contribution < -0.4 is 10.3 Å². The van der Waals surface area contributed by atoms with Gasteiger partial charge in [-0.25, -0.2) is 14.5 Å². The maximum atomic E-state index is 11.8. The minimum Gasteiger partial charge on any atom is -0.404 e. The van der Waals surface area contributed by atoms with Gasteiger partial charge in [0.2, 0.25) is 0 Å². The summed E-state index contributed by atoms with van der Waals surface area (Å²) in [6, 6.07) is 12.8. The number of imidazole rings is 1. The van der Waals surface area contributed by atoms with Crippen LogP contribution in [-0.2, 0) is 28.7 Å². The fourth-order valence-corrected chi connectivity index (χ4v) is 4.84. The molecule has 2 heterocycles. The molecule has 0 saturated carbocycles. The van der Waals surface area contributed by atoms with Gasteiger partial charge in [-0.2, -0.15) is 0 Å². The highest BCUT2D eigenvalue weighted by molar-refractivity contribution is 7.46. The number of carbonyl (C=O) groups excluding carboxylic acids is 1. The van der Waals surface area contributed by atoms with Gasteiger partial charge in [-0.05, 0) is 36.1 Å². The maximum Gasteiger partial charge on any atom is 0.524 e. The lowest BCUT2D eigenvalue weighted by Gasteiger charge is -2.15. The van der Waals surface area contributed by atoms with E-state index < -0.39 is 7.82 Å². The Morgan fingerprint density at radius 3 is 2.67 bits per heavy atom. The number of alkyl halides is 1. The van der Waals surface area contributed by atoms with E-state index in [1.54, 1.807) is 12.1 Å². The van der Waals surface area contributed by atoms with Crippen LogP contribution in [0.4, 0.5) is 5.82 Å². The Morgan fingerprint density at radius 2 is 1.94 bits per heavy atom. The van der Waals surface area contributed by atoms with Crippen molar-refractivity contribution in [3.05, 3.63) is 59.4 Å². The Kier molecular flexibility index (Phi) is 7.95. The molecular weight excluding hydrogens is 503 g/mol. The summed E-state index contributed by atoms with van der Waals surface area (Å²) >= 11 is 5.63. The lowest BCUT2D eigenvalue weighted by atomic mass is 10.0. The quantitative estimate of drug-likeness (QED) is 0.186. The lowest BCUT2D eigenvalue weighted by Crippen LogP contribution is -2.08. The predicted molar refractivity (Wildman–Crippen MR) is 140 cm³/mol. The Balaban J connectivity index is 1.82. The van der Waals surface area contributed by atoms with Crippen LogP contribution in [0.15, 0.2) is 42.5 Å². The number of halogens is 1. The zero-order chi connectivity index (χ0) is 25.9. The number of nitrogens with two attached hydrogens (primary N) is 1. The molecule has 36 heavy (non-hydrogen) atoms. The van der Waals surface area contributed by atoms with Crippen LogP contribution in [0.1, 0.15) is 43.1 Å². The molecule has 0 bridgehead atoms. The van der Waals surface area contributed by atoms with E-state index in [1.165, 1.54) is 6.07 Å². The van der Waals surface area contributed by atoms with Crippen LogP contribution in [0.2, 0.25) is 0 Å². The molecule has 0 aliphatic rings. The molecule has 4 aromatic rings. The maximum absolute atomic E-state index is 11.8. The number of para-hydroxylation sites is 1. The zero-order valence-electron chi connectivity index (χ0n) is 19.9. The molecule has 0 unspecified atom stereocenters. The first-order valence-electron chi connectivity index (χ1n) is 11.7. The summed E-state index contributed by atoms with van der Waals surface area (Å²) in [7, 11) is -4.77. The van der Waals surface area contributed by atoms with Gasteiger partial charge < -0.3 is 14.8 Å². The third kappa shape index (κ3) is 5.87. The van der Waals surface area contributed by atoms with Gasteiger partial charge in [0, 0.05) is 24.8 Å². The van der Waals surface area contributed by atoms with E-state index in [0.717, 1.165) is 47.1 Å². The summed E-state index contributed by atoms with van der Waals surface area (Å²) in [4.78, 5) is 39.8. The molecule has 190 valence electrons. The van der Waals surface area contributed by atoms with E-state index in [4.69, 9.17) is 26.8 Å². The molecule has 0 atom stereocenters. The summed E-state index contributed by atoms with van der Waals surface area (Å²) in [6.45, 7) is 2.56. The lowest BCUT2D eigenvalue weighted by molar-refractivity contribution is -0.116. The fraction of sp³-hybridized carbons (Fsp3) is 0.320. The highest BCUT2D eigenvalue weighted by Crippen LogP contribution is 2.40. The van der Waals surface area contributed by atoms with Gasteiger partial charge in [0.05, 0.1) is 16.9 Å². The second-order valence-electron chi connectivity index (χ2n) is 8.63. The minimum absolute atomic E-state index is 0.0371. The van der Waals surface area contributed by atoms with Crippen molar-refractivity contribution in [1.29, 1.82) is 0 Å². The number of nitrogens with zero attached hydrogens (tertiary/aromatic N) is 3. The number of benzene rings is 2. The number of hydrogen-bond acceptors (Lipinski definition) is 6. The number of unbranched alkanes of at least 4 members (excludes halogenated alkanes) is 1. The smallest absolute Gasteiger partial charge is 0.404 e. The molecule has 0 aliphatic heterocycles. The van der Waals surface area contributed by atoms with Crippen molar-refractivity contribution < 1.29 is 23.7 Å². The standard InChI is InChI=1S/C25H28ClN4O5P/c1-2-3-8-22-29-23-24(19-6-4-5-7-20(19)28-25(23)27)30(22)15-16-9-12-21(35-36(32,33)34)17(13-16)10-11-18(31)14-26/h4-7,9,12-13H,2-3,8,10-11,14-15H2,1H3,(H2,27,28)(H2,32,33,34). The summed E-state index contributed by atoms with van der Waals surface area (Å²) in [5, 5.41) is 0.936. The fourth-order valence-electron chi connectivity index (χ4n) is 4.27. The van der Waals surface area contributed by atoms with Gasteiger partial charge in [0.25, 0.3) is 0 Å². The Labute approximate surface area is 213 Å². The van der Waals surface area contributed by atoms with Gasteiger partial charge in [0.15, 0.2) is 5.82 Å². The first-order valence-corrected chi connectivity index (χ1v) is 13.7. The van der Waals surface area contributed by atoms with E-state index in [2.05, 4.69) is 16.5 Å². The van der Waals surface area contributed by atoms with Crippen LogP contribution in [0.25, 0.3) is 21.9 Å². The Morgan fingerprint density at radius 1 is 1.17 bits per heavy atom. The SMILES string of the molecule is CCCCc1nc2c(N)nc3ccccc3c2n1Cc1ccc(OP(=O)(O)O)c(CCC(=O)CCl)c1. The number of nitrogen functional groups attached to an aromatic ring is 1. The van der Waals surface area contributed by atoms with Crippen molar-refractivity contribution in [2.75, 3.05) is 11.6 Å². The van der Waals surface area contributed by atoms with Crippen LogP contribution in [0.5, 0.6) is 5.75 Å². The highest BCUT2D eigenvalue weighted by atomic mass is 35.5. The topological polar surface area (TPSA) is 141 Å². The first kappa shape index (κ1) is 26.1. The third-order valence-corrected chi connectivity index (χ3v) is 6.68. The van der Waals surface area contributed by atoms with Gasteiger partial charge in [-0.1, -0.05) is 43.7 Å². The van der Waals surface area contributed by atoms with Crippen molar-refractivity contribution in [2.24, 2.45) is 0 Å². The number of hydrogen-bond donors (Lipinski definition) is 3. The average Bonchev–Trinajstić information content (AvgIpc) is 3.20. The van der Waals surface area contributed by atoms with Gasteiger partial charge in [-0.3, -0.25) is 14.6 Å². The summed E-state index contributed by atoms with van der Waals surface area (Å²) in [5.74, 6) is 0.992. The number of ketones is 1. The molecule has 2 aromatic heterocycles. The van der Waals surface area contributed by atoms with E-state index in [1.807, 2.05) is 24.3 Å². The van der Waals surface area contributed by atoms with Crippen molar-refractivity contribution in [3.8, 4) is 5.75 Å². The van der Waals surface area contributed by atoms with Gasteiger partial charge in [-0.15, -0.1) is 11.6 Å². The van der Waals surface area contributed by atoms with Crippen LogP contribution in [0, 0.1) is 0 Å². The monoisotopic (exact) mass is 530 g/mol. The number of aromatic nitrogens is 3. The average molecular weight is 531 g/mol. The summed E-state index contributed by atoms with van der Waals surface area (Å²) in [5.41, 5.74) is 9.97. The van der Waals surface area contributed by atoms with E-state index >= 15 is 0 Å². The predicted octanol–water partition coefficient (Wildman–Crippen LogP) is 4.77. The molecule has 0 saturated heterocycles. The third-order valence-electron chi connectivity index (χ3n) is 5.95. The molecule has 9 nitrogen and oxygen atoms in total. The molecule has 0 amide bonds. The molecule has 0 spiro atoms. The van der Waals surface area contributed by atoms with Crippen molar-refractivity contribution in [2.45, 2.75) is 45.6 Å². The molecule has 11 heteroatoms. The number of carbonyl (C=O) groups is 1. The number of Topliss-reactive ketones (excluding diaryl/α,β-unsaturated/α-hetero) is 1. The number of phosphoric acid groups is 1. The van der Waals surface area contributed by atoms with E-state index in [9.17, 15) is 19.1 Å². The minimum atomic E-state index is -4.77. The zero-order valence-corrected chi connectivity index (χ0v) is 21.5. The largest absolute Gasteiger partial charge is 0.524 e. The molecule has 0 aliphatic carbocycles. The number of fused-ring (bicyclic) bond motifs is 3. The normalized spacial score (nSPS) is 11.9. The number of rotatable bonds is 11. The number of anilines is 1. The molecule has 0 radical (unpaired) electrons. The van der Waals surface area contributed by atoms with Crippen molar-refractivity contribution >= 4 is 53.0 Å². The van der Waals surface area contributed by atoms with Crippen LogP contribution in [-0.4, -0.2) is 36.0 Å². The van der Waals surface area contributed by atoms with E-state index in [0.29, 0.717) is 23.4 Å². The van der Waals surface area contributed by atoms with Crippen molar-refractivity contribution in [1.82, 2.24) is 14.5 Å². The van der Waals surface area contributed by atoms with Crippen LogP contribution >= 0.6 is 19.4 Å². The first-order chi connectivity index (χ1) is 17.2. The molecule has 2 aromatic carbocycles. The van der Waals surface area contributed by atoms with Gasteiger partial charge in [0.1, 0.15) is 22.9 Å². The van der Waals surface area contributed by atoms with Crippen LogP contribution in [0.3, 0.4) is 0 Å². The molecule has 4 rings (SSSR count). The Hall–Kier alpha value is -2.97. The van der Waals surface area contributed by atoms with Crippen molar-refractivity contribution in [3.63, 3.8) is 0 Å². The molecule has 0 fully saturated rings. The second-order valence-corrected chi connectivity index (χ2v) is 10.1. The highest BCUT2D eigenvalue weighted by Gasteiger charge is 2.21. The summed E-state index contributed by atoms with van der Waals surface area (Å²) in [6.07, 6.45) is 3.09. The van der Waals surface area contributed by atoms with E-state index in [-0.39, 0.29) is 30.3 Å². The van der Waals surface area contributed by atoms with Gasteiger partial charge >= 0.3 is 7.82 Å². The number of pyridine rings is 1. The second kappa shape index (κ2) is 11.0. The summed E-state index contributed by atoms with van der Waals surface area (Å²) < 4.78 is 18.5. The Bertz CT molecular complexity index is 1470. The number of aryl methyl sites for hydroxylation is 2. The molecular formula is C25H28ClN4O5P. The number of phosphoric ester groups is 1.